The molecule has 1 heterocycles. The first-order valence-corrected chi connectivity index (χ1v) is 8.32. The zero-order valence-corrected chi connectivity index (χ0v) is 12.0. The molecule has 1 aromatic carbocycles. The lowest BCUT2D eigenvalue weighted by molar-refractivity contribution is 0.0257. The summed E-state index contributed by atoms with van der Waals surface area (Å²) >= 11 is 0. The number of rotatable bonds is 2. The van der Waals surface area contributed by atoms with Gasteiger partial charge in [-0.15, -0.1) is 0 Å². The molecule has 1 aliphatic carbocycles. The second-order valence-electron chi connectivity index (χ2n) is 5.37. The number of nitrogens with zero attached hydrogens (tertiary/aromatic N) is 1. The number of hydrogen-bond donors (Lipinski definition) is 2. The molecule has 0 amide bonds. The van der Waals surface area contributed by atoms with Gasteiger partial charge in [0.15, 0.2) is 0 Å². The van der Waals surface area contributed by atoms with Gasteiger partial charge in [-0.05, 0) is 37.5 Å². The maximum atomic E-state index is 11.3. The Bertz CT molecular complexity index is 617. The molecule has 6 nitrogen and oxygen atoms in total. The van der Waals surface area contributed by atoms with Crippen LogP contribution < -0.4 is 15.8 Å². The summed E-state index contributed by atoms with van der Waals surface area (Å²) in [5, 5.41) is 5.12. The summed E-state index contributed by atoms with van der Waals surface area (Å²) in [4.78, 5) is 2.29. The van der Waals surface area contributed by atoms with Crippen LogP contribution in [0.25, 0.3) is 0 Å². The number of morpholine rings is 1. The van der Waals surface area contributed by atoms with Crippen molar-refractivity contribution in [2.45, 2.75) is 36.3 Å². The lowest BCUT2D eigenvalue weighted by Gasteiger charge is -2.39. The predicted molar refractivity (Wildman–Crippen MR) is 77.0 cm³/mol. The van der Waals surface area contributed by atoms with Crippen molar-refractivity contribution in [3.63, 3.8) is 0 Å². The molecule has 1 saturated heterocycles. The normalized spacial score (nSPS) is 26.6. The maximum Gasteiger partial charge on any atom is 0.238 e. The number of hydrogen-bond acceptors (Lipinski definition) is 5. The molecule has 2 unspecified atom stereocenters. The Hall–Kier alpha value is -1.31. The summed E-state index contributed by atoms with van der Waals surface area (Å²) in [6.07, 6.45) is 3.58. The van der Waals surface area contributed by atoms with Gasteiger partial charge in [0.1, 0.15) is 0 Å². The molecule has 2 fully saturated rings. The minimum atomic E-state index is -3.71. The number of nitrogens with two attached hydrogens (primary N) is 2. The van der Waals surface area contributed by atoms with Crippen molar-refractivity contribution in [1.82, 2.24) is 0 Å². The first-order chi connectivity index (χ1) is 9.47. The van der Waals surface area contributed by atoms with Crippen LogP contribution >= 0.6 is 0 Å². The Morgan fingerprint density at radius 3 is 2.80 bits per heavy atom. The van der Waals surface area contributed by atoms with Gasteiger partial charge in [0, 0.05) is 6.54 Å². The van der Waals surface area contributed by atoms with E-state index >= 15 is 0 Å². The summed E-state index contributed by atoms with van der Waals surface area (Å²) in [6, 6.07) is 5.03. The van der Waals surface area contributed by atoms with Crippen molar-refractivity contribution in [2.24, 2.45) is 5.14 Å². The smallest absolute Gasteiger partial charge is 0.238 e. The van der Waals surface area contributed by atoms with Crippen molar-refractivity contribution < 1.29 is 13.2 Å². The van der Waals surface area contributed by atoms with Gasteiger partial charge in [0.2, 0.25) is 10.0 Å². The summed E-state index contributed by atoms with van der Waals surface area (Å²) in [7, 11) is -3.71. The first kappa shape index (κ1) is 13.7. The van der Waals surface area contributed by atoms with E-state index in [9.17, 15) is 8.42 Å². The van der Waals surface area contributed by atoms with Crippen molar-refractivity contribution in [2.75, 3.05) is 23.8 Å². The highest BCUT2D eigenvalue weighted by molar-refractivity contribution is 7.89. The van der Waals surface area contributed by atoms with E-state index in [2.05, 4.69) is 4.90 Å². The molecule has 1 aliphatic heterocycles. The lowest BCUT2D eigenvalue weighted by atomic mass is 10.1. The van der Waals surface area contributed by atoms with E-state index < -0.39 is 10.0 Å². The molecule has 0 spiro atoms. The van der Waals surface area contributed by atoms with Crippen LogP contribution in [0.3, 0.4) is 0 Å². The van der Waals surface area contributed by atoms with Crippen LogP contribution in [0.2, 0.25) is 0 Å². The van der Waals surface area contributed by atoms with E-state index in [0.29, 0.717) is 18.3 Å². The van der Waals surface area contributed by atoms with Gasteiger partial charge in [0.05, 0.1) is 35.0 Å². The molecule has 1 saturated carbocycles. The number of sulfonamides is 1. The van der Waals surface area contributed by atoms with Crippen LogP contribution in [-0.2, 0) is 14.8 Å². The predicted octanol–water partition coefficient (Wildman–Crippen LogP) is 0.674. The summed E-state index contributed by atoms with van der Waals surface area (Å²) in [5.41, 5.74) is 7.35. The van der Waals surface area contributed by atoms with Gasteiger partial charge >= 0.3 is 0 Å². The Morgan fingerprint density at radius 2 is 2.10 bits per heavy atom. The zero-order valence-electron chi connectivity index (χ0n) is 11.2. The Balaban J connectivity index is 1.94. The Kier molecular flexibility index (Phi) is 3.35. The van der Waals surface area contributed by atoms with Gasteiger partial charge < -0.3 is 15.4 Å². The summed E-state index contributed by atoms with van der Waals surface area (Å²) in [5.74, 6) is 0. The molecular formula is C13H19N3O3S. The van der Waals surface area contributed by atoms with Crippen LogP contribution in [0.5, 0.6) is 0 Å². The number of nitrogen functional groups attached to an aromatic ring is 1. The van der Waals surface area contributed by atoms with E-state index in [1.54, 1.807) is 6.07 Å². The number of ether oxygens (including phenoxy) is 1. The van der Waals surface area contributed by atoms with Crippen molar-refractivity contribution in [1.29, 1.82) is 0 Å². The van der Waals surface area contributed by atoms with Crippen molar-refractivity contribution in [3.8, 4) is 0 Å². The molecule has 2 atom stereocenters. The van der Waals surface area contributed by atoms with Crippen molar-refractivity contribution >= 4 is 21.4 Å². The molecule has 7 heteroatoms. The largest absolute Gasteiger partial charge is 0.397 e. The third-order valence-corrected chi connectivity index (χ3v) is 5.03. The third kappa shape index (κ3) is 2.36. The monoisotopic (exact) mass is 297 g/mol. The third-order valence-electron chi connectivity index (χ3n) is 4.12. The van der Waals surface area contributed by atoms with Gasteiger partial charge in [0.25, 0.3) is 0 Å². The second kappa shape index (κ2) is 4.91. The quantitative estimate of drug-likeness (QED) is 0.782. The van der Waals surface area contributed by atoms with E-state index in [1.165, 1.54) is 12.1 Å². The minimum absolute atomic E-state index is 0.0509. The van der Waals surface area contributed by atoms with Gasteiger partial charge in [-0.1, -0.05) is 0 Å². The number of benzene rings is 1. The fraction of sp³-hybridized carbons (Fsp3) is 0.538. The lowest BCUT2D eigenvalue weighted by Crippen LogP contribution is -2.48. The van der Waals surface area contributed by atoms with Crippen LogP contribution in [0, 0.1) is 0 Å². The van der Waals surface area contributed by atoms with E-state index in [0.717, 1.165) is 31.5 Å². The Labute approximate surface area is 118 Å². The van der Waals surface area contributed by atoms with Crippen LogP contribution in [-0.4, -0.2) is 33.7 Å². The molecule has 2 aliphatic rings. The number of fused-ring (bicyclic) bond motifs is 1. The first-order valence-electron chi connectivity index (χ1n) is 6.77. The second-order valence-corrected chi connectivity index (χ2v) is 6.93. The van der Waals surface area contributed by atoms with Gasteiger partial charge in [-0.3, -0.25) is 0 Å². The molecular weight excluding hydrogens is 278 g/mol. The highest BCUT2D eigenvalue weighted by atomic mass is 32.2. The fourth-order valence-corrected chi connectivity index (χ4v) is 3.74. The maximum absolute atomic E-state index is 11.3. The van der Waals surface area contributed by atoms with E-state index in [4.69, 9.17) is 15.6 Å². The van der Waals surface area contributed by atoms with Crippen LogP contribution in [0.15, 0.2) is 23.1 Å². The molecule has 0 aromatic heterocycles. The standard InChI is InChI=1S/C13H19N3O3S/c14-10-8-9(20(15,17)18)4-5-11(10)16-6-7-19-13-3-1-2-12(13)16/h4-5,8,12-13H,1-3,6-7,14H2,(H2,15,17,18). The number of anilines is 2. The topological polar surface area (TPSA) is 98.7 Å². The summed E-state index contributed by atoms with van der Waals surface area (Å²) < 4.78 is 28.5. The molecule has 1 aromatic rings. The van der Waals surface area contributed by atoms with Gasteiger partial charge in [-0.25, -0.2) is 13.6 Å². The van der Waals surface area contributed by atoms with Crippen LogP contribution in [0.4, 0.5) is 11.4 Å². The zero-order chi connectivity index (χ0) is 14.3. The molecule has 3 rings (SSSR count). The molecule has 20 heavy (non-hydrogen) atoms. The van der Waals surface area contributed by atoms with Crippen molar-refractivity contribution in [3.05, 3.63) is 18.2 Å². The molecule has 0 bridgehead atoms. The van der Waals surface area contributed by atoms with E-state index in [-0.39, 0.29) is 11.0 Å². The molecule has 4 N–H and O–H groups in total. The summed E-state index contributed by atoms with van der Waals surface area (Å²) in [6.45, 7) is 1.46. The van der Waals surface area contributed by atoms with Gasteiger partial charge in [-0.2, -0.15) is 0 Å². The average molecular weight is 297 g/mol. The molecule has 0 radical (unpaired) electrons. The average Bonchev–Trinajstić information content (AvgIpc) is 2.85. The molecule has 110 valence electrons. The SMILES string of the molecule is Nc1cc(S(N)(=O)=O)ccc1N1CCOC2CCCC21. The van der Waals surface area contributed by atoms with E-state index in [1.807, 2.05) is 0 Å². The fourth-order valence-electron chi connectivity index (χ4n) is 3.20. The highest BCUT2D eigenvalue weighted by Gasteiger charge is 2.36. The highest BCUT2D eigenvalue weighted by Crippen LogP contribution is 2.36. The minimum Gasteiger partial charge on any atom is -0.397 e. The van der Waals surface area contributed by atoms with Crippen LogP contribution in [0.1, 0.15) is 19.3 Å². The Morgan fingerprint density at radius 1 is 1.30 bits per heavy atom. The number of primary sulfonamides is 1.